The molecule has 0 aromatic heterocycles. The summed E-state index contributed by atoms with van der Waals surface area (Å²) in [6.45, 7) is 10.0. The third-order valence-electron chi connectivity index (χ3n) is 3.10. The zero-order valence-corrected chi connectivity index (χ0v) is 11.4. The lowest BCUT2D eigenvalue weighted by Crippen LogP contribution is -2.43. The SMILES string of the molecule is CC(=O)N1CCC(C(=O)NCC(C)(C)C)CC1. The van der Waals surface area contributed by atoms with Crippen LogP contribution >= 0.6 is 0 Å². The summed E-state index contributed by atoms with van der Waals surface area (Å²) >= 11 is 0. The van der Waals surface area contributed by atoms with Gasteiger partial charge >= 0.3 is 0 Å². The first kappa shape index (κ1) is 14.0. The highest BCUT2D eigenvalue weighted by Gasteiger charge is 2.26. The van der Waals surface area contributed by atoms with Crippen molar-refractivity contribution in [2.24, 2.45) is 11.3 Å². The first-order valence-corrected chi connectivity index (χ1v) is 6.33. The Labute approximate surface area is 104 Å². The summed E-state index contributed by atoms with van der Waals surface area (Å²) in [7, 11) is 0. The third-order valence-corrected chi connectivity index (χ3v) is 3.10. The molecule has 0 spiro atoms. The van der Waals surface area contributed by atoms with Gasteiger partial charge in [-0.15, -0.1) is 0 Å². The van der Waals surface area contributed by atoms with Crippen molar-refractivity contribution in [3.8, 4) is 0 Å². The highest BCUT2D eigenvalue weighted by molar-refractivity contribution is 5.79. The molecule has 1 N–H and O–H groups in total. The molecule has 4 heteroatoms. The normalized spacial score (nSPS) is 18.0. The van der Waals surface area contributed by atoms with E-state index in [9.17, 15) is 9.59 Å². The van der Waals surface area contributed by atoms with Crippen molar-refractivity contribution in [2.75, 3.05) is 19.6 Å². The van der Waals surface area contributed by atoms with Gasteiger partial charge in [-0.25, -0.2) is 0 Å². The number of carbonyl (C=O) groups is 2. The van der Waals surface area contributed by atoms with Crippen molar-refractivity contribution in [1.82, 2.24) is 10.2 Å². The molecule has 1 aliphatic heterocycles. The third kappa shape index (κ3) is 4.75. The molecule has 1 aliphatic rings. The summed E-state index contributed by atoms with van der Waals surface area (Å²) in [6.07, 6.45) is 1.57. The number of hydrogen-bond acceptors (Lipinski definition) is 2. The van der Waals surface area contributed by atoms with Crippen LogP contribution in [-0.4, -0.2) is 36.3 Å². The monoisotopic (exact) mass is 240 g/mol. The van der Waals surface area contributed by atoms with Crippen molar-refractivity contribution in [3.63, 3.8) is 0 Å². The lowest BCUT2D eigenvalue weighted by atomic mass is 9.93. The highest BCUT2D eigenvalue weighted by atomic mass is 16.2. The van der Waals surface area contributed by atoms with E-state index in [1.165, 1.54) is 0 Å². The molecule has 1 rings (SSSR count). The molecule has 17 heavy (non-hydrogen) atoms. The number of nitrogens with one attached hydrogen (secondary N) is 1. The van der Waals surface area contributed by atoms with Crippen LogP contribution in [0.3, 0.4) is 0 Å². The molecule has 0 saturated carbocycles. The first-order chi connectivity index (χ1) is 7.79. The fourth-order valence-corrected chi connectivity index (χ4v) is 1.95. The Kier molecular flexibility index (Phi) is 4.54. The molecule has 1 heterocycles. The van der Waals surface area contributed by atoms with E-state index in [0.29, 0.717) is 19.6 Å². The summed E-state index contributed by atoms with van der Waals surface area (Å²) in [5, 5.41) is 2.99. The van der Waals surface area contributed by atoms with Crippen LogP contribution in [0.1, 0.15) is 40.5 Å². The smallest absolute Gasteiger partial charge is 0.223 e. The Bertz CT molecular complexity index is 286. The molecule has 0 unspecified atom stereocenters. The van der Waals surface area contributed by atoms with Gasteiger partial charge in [-0.3, -0.25) is 9.59 Å². The topological polar surface area (TPSA) is 49.4 Å². The molecule has 1 saturated heterocycles. The van der Waals surface area contributed by atoms with Gasteiger partial charge < -0.3 is 10.2 Å². The van der Waals surface area contributed by atoms with Gasteiger partial charge in [0.15, 0.2) is 0 Å². The quantitative estimate of drug-likeness (QED) is 0.793. The van der Waals surface area contributed by atoms with Crippen molar-refractivity contribution in [2.45, 2.75) is 40.5 Å². The maximum Gasteiger partial charge on any atom is 0.223 e. The number of likely N-dealkylation sites (tertiary alicyclic amines) is 1. The van der Waals surface area contributed by atoms with Crippen LogP contribution in [0.4, 0.5) is 0 Å². The minimum Gasteiger partial charge on any atom is -0.355 e. The van der Waals surface area contributed by atoms with E-state index in [2.05, 4.69) is 26.1 Å². The maximum absolute atomic E-state index is 11.9. The van der Waals surface area contributed by atoms with Crippen molar-refractivity contribution in [1.29, 1.82) is 0 Å². The Morgan fingerprint density at radius 3 is 2.18 bits per heavy atom. The van der Waals surface area contributed by atoms with Crippen LogP contribution in [0.2, 0.25) is 0 Å². The van der Waals surface area contributed by atoms with Crippen LogP contribution in [0.25, 0.3) is 0 Å². The summed E-state index contributed by atoms with van der Waals surface area (Å²) in [4.78, 5) is 24.9. The van der Waals surface area contributed by atoms with Crippen LogP contribution in [0.5, 0.6) is 0 Å². The molecule has 1 fully saturated rings. The van der Waals surface area contributed by atoms with Crippen molar-refractivity contribution >= 4 is 11.8 Å². The summed E-state index contributed by atoms with van der Waals surface area (Å²) in [5.74, 6) is 0.328. The first-order valence-electron chi connectivity index (χ1n) is 6.33. The molecule has 0 aliphatic carbocycles. The Balaban J connectivity index is 2.33. The molecule has 0 atom stereocenters. The second kappa shape index (κ2) is 5.52. The molecule has 0 radical (unpaired) electrons. The van der Waals surface area contributed by atoms with E-state index >= 15 is 0 Å². The van der Waals surface area contributed by atoms with Crippen LogP contribution in [0.15, 0.2) is 0 Å². The number of nitrogens with zero attached hydrogens (tertiary/aromatic N) is 1. The summed E-state index contributed by atoms with van der Waals surface area (Å²) < 4.78 is 0. The lowest BCUT2D eigenvalue weighted by Gasteiger charge is -2.31. The van der Waals surface area contributed by atoms with Crippen molar-refractivity contribution < 1.29 is 9.59 Å². The Morgan fingerprint density at radius 2 is 1.76 bits per heavy atom. The second-order valence-electron chi connectivity index (χ2n) is 6.06. The van der Waals surface area contributed by atoms with E-state index in [4.69, 9.17) is 0 Å². The van der Waals surface area contributed by atoms with Gasteiger partial charge in [0, 0.05) is 32.5 Å². The van der Waals surface area contributed by atoms with E-state index in [1.54, 1.807) is 6.92 Å². The molecule has 4 nitrogen and oxygen atoms in total. The Hall–Kier alpha value is -1.06. The van der Waals surface area contributed by atoms with E-state index in [0.717, 1.165) is 12.8 Å². The molecule has 0 aromatic carbocycles. The predicted octanol–water partition coefficient (Wildman–Crippen LogP) is 1.41. The number of piperidine rings is 1. The Morgan fingerprint density at radius 1 is 1.24 bits per heavy atom. The van der Waals surface area contributed by atoms with Gasteiger partial charge in [0.1, 0.15) is 0 Å². The molecule has 2 amide bonds. The van der Waals surface area contributed by atoms with Gasteiger partial charge in [-0.1, -0.05) is 20.8 Å². The van der Waals surface area contributed by atoms with Crippen LogP contribution < -0.4 is 5.32 Å². The molecular weight excluding hydrogens is 216 g/mol. The minimum absolute atomic E-state index is 0.0768. The summed E-state index contributed by atoms with van der Waals surface area (Å²) in [6, 6.07) is 0. The highest BCUT2D eigenvalue weighted by Crippen LogP contribution is 2.18. The maximum atomic E-state index is 11.9. The van der Waals surface area contributed by atoms with Gasteiger partial charge in [0.2, 0.25) is 11.8 Å². The van der Waals surface area contributed by atoms with Gasteiger partial charge in [-0.05, 0) is 18.3 Å². The molecule has 0 aromatic rings. The average Bonchev–Trinajstić information content (AvgIpc) is 2.25. The fourth-order valence-electron chi connectivity index (χ4n) is 1.95. The number of amides is 2. The van der Waals surface area contributed by atoms with E-state index in [1.807, 2.05) is 4.90 Å². The molecular formula is C13H24N2O2. The minimum atomic E-state index is 0.0768. The van der Waals surface area contributed by atoms with Gasteiger partial charge in [0.05, 0.1) is 0 Å². The standard InChI is InChI=1S/C13H24N2O2/c1-10(16)15-7-5-11(6-8-15)12(17)14-9-13(2,3)4/h11H,5-9H2,1-4H3,(H,14,17). The van der Waals surface area contributed by atoms with Crippen LogP contribution in [0, 0.1) is 11.3 Å². The van der Waals surface area contributed by atoms with E-state index in [-0.39, 0.29) is 23.1 Å². The van der Waals surface area contributed by atoms with Crippen LogP contribution in [-0.2, 0) is 9.59 Å². The zero-order valence-electron chi connectivity index (χ0n) is 11.4. The fraction of sp³-hybridized carbons (Fsp3) is 0.846. The number of hydrogen-bond donors (Lipinski definition) is 1. The van der Waals surface area contributed by atoms with Gasteiger partial charge in [-0.2, -0.15) is 0 Å². The number of rotatable bonds is 2. The van der Waals surface area contributed by atoms with Crippen molar-refractivity contribution in [3.05, 3.63) is 0 Å². The average molecular weight is 240 g/mol. The molecule has 98 valence electrons. The lowest BCUT2D eigenvalue weighted by molar-refractivity contribution is -0.134. The van der Waals surface area contributed by atoms with E-state index < -0.39 is 0 Å². The number of carbonyl (C=O) groups excluding carboxylic acids is 2. The second-order valence-corrected chi connectivity index (χ2v) is 6.06. The largest absolute Gasteiger partial charge is 0.355 e. The van der Waals surface area contributed by atoms with Gasteiger partial charge in [0.25, 0.3) is 0 Å². The summed E-state index contributed by atoms with van der Waals surface area (Å²) in [5.41, 5.74) is 0.121. The predicted molar refractivity (Wildman–Crippen MR) is 67.4 cm³/mol. The zero-order chi connectivity index (χ0) is 13.1. The molecule has 0 bridgehead atoms.